The Morgan fingerprint density at radius 3 is 2.13 bits per heavy atom. The molecule has 1 aromatic heterocycles. The number of carbonyl (C=O) groups excluding carboxylic acids is 3. The van der Waals surface area contributed by atoms with E-state index in [1.807, 2.05) is 27.7 Å². The number of aryl methyl sites for hydroxylation is 1. The van der Waals surface area contributed by atoms with Gasteiger partial charge in [0.1, 0.15) is 0 Å². The molecule has 3 aromatic rings. The molecule has 8 nitrogen and oxygen atoms in total. The fraction of sp³-hybridized carbons (Fsp3) is 0.568. The third-order valence-electron chi connectivity index (χ3n) is 8.62. The van der Waals surface area contributed by atoms with Crippen molar-refractivity contribution in [3.05, 3.63) is 65.0 Å². The minimum absolute atomic E-state index is 0.0360. The van der Waals surface area contributed by atoms with E-state index in [1.54, 1.807) is 31.2 Å². The molecule has 0 saturated carbocycles. The van der Waals surface area contributed by atoms with Crippen molar-refractivity contribution in [2.45, 2.75) is 86.1 Å². The minimum Gasteiger partial charge on any atom is -0.462 e. The quantitative estimate of drug-likeness (QED) is 0.127. The van der Waals surface area contributed by atoms with Crippen molar-refractivity contribution >= 4 is 28.7 Å². The molecule has 1 aliphatic heterocycles. The topological polar surface area (TPSA) is 84.7 Å². The number of hydrogen-bond donors (Lipinski definition) is 0. The first-order valence-electron chi connectivity index (χ1n) is 17.0. The van der Waals surface area contributed by atoms with Crippen LogP contribution in [0, 0.1) is 11.8 Å². The molecule has 2 aromatic carbocycles. The second kappa shape index (κ2) is 16.7. The van der Waals surface area contributed by atoms with Crippen LogP contribution in [0.3, 0.4) is 0 Å². The number of esters is 1. The van der Waals surface area contributed by atoms with E-state index in [2.05, 4.69) is 32.6 Å². The highest BCUT2D eigenvalue weighted by Gasteiger charge is 2.22. The van der Waals surface area contributed by atoms with Crippen molar-refractivity contribution in [1.29, 1.82) is 0 Å². The number of rotatable bonds is 16. The summed E-state index contributed by atoms with van der Waals surface area (Å²) >= 11 is 0. The molecule has 244 valence electrons. The molecular weight excluding hydrogens is 564 g/mol. The number of amides is 1. The maximum Gasteiger partial charge on any atom is 0.338 e. The minimum atomic E-state index is -0.372. The molecule has 4 rings (SSSR count). The highest BCUT2D eigenvalue weighted by molar-refractivity contribution is 6.01. The lowest BCUT2D eigenvalue weighted by Gasteiger charge is -2.26. The van der Waals surface area contributed by atoms with E-state index < -0.39 is 0 Å². The predicted octanol–water partition coefficient (Wildman–Crippen LogP) is 7.05. The normalized spacial score (nSPS) is 13.9. The number of imidazole rings is 1. The number of ketones is 1. The smallest absolute Gasteiger partial charge is 0.338 e. The van der Waals surface area contributed by atoms with E-state index in [1.165, 1.54) is 19.3 Å². The third-order valence-corrected chi connectivity index (χ3v) is 8.62. The van der Waals surface area contributed by atoms with Gasteiger partial charge in [0.15, 0.2) is 5.82 Å². The molecule has 1 saturated heterocycles. The third kappa shape index (κ3) is 9.73. The number of carbonyl (C=O) groups is 3. The highest BCUT2D eigenvalue weighted by Crippen LogP contribution is 2.23. The van der Waals surface area contributed by atoms with Crippen LogP contribution in [-0.2, 0) is 17.7 Å². The van der Waals surface area contributed by atoms with Crippen LogP contribution in [0.25, 0.3) is 11.0 Å². The highest BCUT2D eigenvalue weighted by atomic mass is 16.5. The van der Waals surface area contributed by atoms with E-state index in [0.29, 0.717) is 41.9 Å². The Morgan fingerprint density at radius 2 is 1.51 bits per heavy atom. The first kappa shape index (κ1) is 34.4. The van der Waals surface area contributed by atoms with Crippen molar-refractivity contribution in [3.8, 4) is 0 Å². The number of aromatic nitrogens is 2. The second-order valence-electron chi connectivity index (χ2n) is 13.2. The fourth-order valence-corrected chi connectivity index (χ4v) is 5.89. The van der Waals surface area contributed by atoms with Gasteiger partial charge < -0.3 is 19.1 Å². The molecule has 45 heavy (non-hydrogen) atoms. The van der Waals surface area contributed by atoms with Crippen molar-refractivity contribution in [2.24, 2.45) is 11.8 Å². The standard InChI is InChI=1S/C37H52N4O4/c1-6-45-37(44)30-13-11-29(12-14-30)25-34(42)35-38-32-16-15-31(36(43)40(23-17-27(2)3)24-18-28(4)5)26-33(32)41(35)22-10-21-39-19-8-7-9-20-39/h11-16,26-28H,6-10,17-25H2,1-5H3. The zero-order chi connectivity index (χ0) is 32.3. The molecule has 2 heterocycles. The van der Waals surface area contributed by atoms with Gasteiger partial charge in [-0.2, -0.15) is 0 Å². The van der Waals surface area contributed by atoms with Crippen LogP contribution < -0.4 is 0 Å². The number of likely N-dealkylation sites (tertiary alicyclic amines) is 1. The summed E-state index contributed by atoms with van der Waals surface area (Å²) in [5.74, 6) is 1.02. The lowest BCUT2D eigenvalue weighted by atomic mass is 10.1. The monoisotopic (exact) mass is 616 g/mol. The van der Waals surface area contributed by atoms with Crippen molar-refractivity contribution in [2.75, 3.05) is 39.3 Å². The van der Waals surface area contributed by atoms with Gasteiger partial charge in [-0.15, -0.1) is 0 Å². The molecule has 0 unspecified atom stereocenters. The zero-order valence-electron chi connectivity index (χ0n) is 28.0. The average Bonchev–Trinajstić information content (AvgIpc) is 3.39. The van der Waals surface area contributed by atoms with Gasteiger partial charge in [-0.1, -0.05) is 46.2 Å². The number of Topliss-reactive ketones (excluding diaryl/α,β-unsaturated/α-hetero) is 1. The van der Waals surface area contributed by atoms with Crippen LogP contribution in [-0.4, -0.2) is 76.3 Å². The maximum atomic E-state index is 13.8. The van der Waals surface area contributed by atoms with Gasteiger partial charge in [-0.3, -0.25) is 9.59 Å². The Hall–Kier alpha value is -3.52. The molecular formula is C37H52N4O4. The van der Waals surface area contributed by atoms with Gasteiger partial charge in [0, 0.05) is 31.6 Å². The van der Waals surface area contributed by atoms with E-state index >= 15 is 0 Å². The van der Waals surface area contributed by atoms with Gasteiger partial charge in [0.25, 0.3) is 5.91 Å². The Morgan fingerprint density at radius 1 is 0.867 bits per heavy atom. The van der Waals surface area contributed by atoms with Crippen LogP contribution in [0.4, 0.5) is 0 Å². The number of ether oxygens (including phenoxy) is 1. The Balaban J connectivity index is 1.61. The van der Waals surface area contributed by atoms with E-state index in [4.69, 9.17) is 9.72 Å². The molecule has 0 N–H and O–H groups in total. The fourth-order valence-electron chi connectivity index (χ4n) is 5.89. The molecule has 0 radical (unpaired) electrons. The number of benzene rings is 2. The average molecular weight is 617 g/mol. The lowest BCUT2D eigenvalue weighted by Crippen LogP contribution is -2.34. The number of piperidine rings is 1. The zero-order valence-corrected chi connectivity index (χ0v) is 28.0. The van der Waals surface area contributed by atoms with Crippen LogP contribution in [0.1, 0.15) is 110 Å². The van der Waals surface area contributed by atoms with Crippen LogP contribution in [0.2, 0.25) is 0 Å². The van der Waals surface area contributed by atoms with Gasteiger partial charge in [0.2, 0.25) is 5.78 Å². The summed E-state index contributed by atoms with van der Waals surface area (Å²) < 4.78 is 7.11. The molecule has 0 aliphatic carbocycles. The van der Waals surface area contributed by atoms with Crippen molar-refractivity contribution in [3.63, 3.8) is 0 Å². The van der Waals surface area contributed by atoms with E-state index in [9.17, 15) is 14.4 Å². The summed E-state index contributed by atoms with van der Waals surface area (Å²) in [5, 5.41) is 0. The van der Waals surface area contributed by atoms with Gasteiger partial charge in [-0.25, -0.2) is 9.78 Å². The summed E-state index contributed by atoms with van der Waals surface area (Å²) in [6.07, 6.45) is 6.75. The predicted molar refractivity (Wildman–Crippen MR) is 180 cm³/mol. The Bertz CT molecular complexity index is 1410. The number of nitrogens with zero attached hydrogens (tertiary/aromatic N) is 4. The molecule has 0 bridgehead atoms. The first-order chi connectivity index (χ1) is 21.7. The van der Waals surface area contributed by atoms with Gasteiger partial charge in [0.05, 0.1) is 23.2 Å². The van der Waals surface area contributed by atoms with E-state index in [-0.39, 0.29) is 24.1 Å². The van der Waals surface area contributed by atoms with Gasteiger partial charge >= 0.3 is 5.97 Å². The van der Waals surface area contributed by atoms with Crippen LogP contribution in [0.5, 0.6) is 0 Å². The Labute approximate surface area is 269 Å². The summed E-state index contributed by atoms with van der Waals surface area (Å²) in [5.41, 5.74) is 3.46. The summed E-state index contributed by atoms with van der Waals surface area (Å²) in [4.78, 5) is 49.0. The number of hydrogen-bond acceptors (Lipinski definition) is 6. The van der Waals surface area contributed by atoms with Gasteiger partial charge in [-0.05, 0) is 106 Å². The van der Waals surface area contributed by atoms with E-state index in [0.717, 1.165) is 68.6 Å². The van der Waals surface area contributed by atoms with Crippen LogP contribution in [0.15, 0.2) is 42.5 Å². The number of fused-ring (bicyclic) bond motifs is 1. The summed E-state index contributed by atoms with van der Waals surface area (Å²) in [6, 6.07) is 12.7. The van der Waals surface area contributed by atoms with Crippen molar-refractivity contribution < 1.29 is 19.1 Å². The Kier molecular flexibility index (Phi) is 12.7. The lowest BCUT2D eigenvalue weighted by molar-refractivity contribution is 0.0526. The maximum absolute atomic E-state index is 13.8. The molecule has 0 atom stereocenters. The van der Waals surface area contributed by atoms with Crippen LogP contribution >= 0.6 is 0 Å². The molecule has 1 amide bonds. The largest absolute Gasteiger partial charge is 0.462 e. The SMILES string of the molecule is CCOC(=O)c1ccc(CC(=O)c2nc3ccc(C(=O)N(CCC(C)C)CCC(C)C)cc3n2CCCN2CCCCC2)cc1. The second-order valence-corrected chi connectivity index (χ2v) is 13.2. The first-order valence-corrected chi connectivity index (χ1v) is 17.0. The molecule has 0 spiro atoms. The molecule has 8 heteroatoms. The van der Waals surface area contributed by atoms with Crippen molar-refractivity contribution in [1.82, 2.24) is 19.4 Å². The molecule has 1 aliphatic rings. The summed E-state index contributed by atoms with van der Waals surface area (Å²) in [7, 11) is 0. The molecule has 1 fully saturated rings. The summed E-state index contributed by atoms with van der Waals surface area (Å²) in [6.45, 7) is 16.2.